The number of rotatable bonds is 7. The first-order valence-electron chi connectivity index (χ1n) is 8.01. The van der Waals surface area contributed by atoms with Gasteiger partial charge in [-0.3, -0.25) is 19.7 Å². The number of nitro groups is 1. The summed E-state index contributed by atoms with van der Waals surface area (Å²) in [5.41, 5.74) is 1.04. The highest BCUT2D eigenvalue weighted by Gasteiger charge is 2.16. The van der Waals surface area contributed by atoms with Crippen LogP contribution in [0.1, 0.15) is 20.3 Å². The number of nitrogens with zero attached hydrogens (tertiary/aromatic N) is 1. The summed E-state index contributed by atoms with van der Waals surface area (Å²) in [4.78, 5) is 33.8. The lowest BCUT2D eigenvalue weighted by Gasteiger charge is -2.15. The van der Waals surface area contributed by atoms with Gasteiger partial charge in [-0.05, 0) is 37.3 Å². The lowest BCUT2D eigenvalue weighted by atomic mass is 10.2. The zero-order valence-corrected chi connectivity index (χ0v) is 14.4. The maximum absolute atomic E-state index is 12.2. The van der Waals surface area contributed by atoms with Crippen molar-refractivity contribution in [1.29, 1.82) is 0 Å². The van der Waals surface area contributed by atoms with E-state index in [1.165, 1.54) is 24.3 Å². The molecule has 2 aromatic carbocycles. The summed E-state index contributed by atoms with van der Waals surface area (Å²) in [5, 5.41) is 16.0. The lowest BCUT2D eigenvalue weighted by Crippen LogP contribution is -2.30. The van der Waals surface area contributed by atoms with E-state index in [0.717, 1.165) is 0 Å². The summed E-state index contributed by atoms with van der Waals surface area (Å²) in [7, 11) is 0. The molecule has 0 saturated heterocycles. The highest BCUT2D eigenvalue weighted by atomic mass is 16.6. The molecule has 0 spiro atoms. The van der Waals surface area contributed by atoms with Crippen molar-refractivity contribution in [2.24, 2.45) is 0 Å². The molecular formula is C18H19N3O5. The molecule has 0 radical (unpaired) electrons. The zero-order chi connectivity index (χ0) is 19.1. The Hall–Kier alpha value is -3.42. The number of hydrogen-bond acceptors (Lipinski definition) is 5. The Balaban J connectivity index is 1.97. The number of carbonyl (C=O) groups excluding carboxylic acids is 2. The fraction of sp³-hybridized carbons (Fsp3) is 0.222. The summed E-state index contributed by atoms with van der Waals surface area (Å²) in [5.74, 6) is -0.159. The van der Waals surface area contributed by atoms with Crippen molar-refractivity contribution in [3.63, 3.8) is 0 Å². The molecular weight excluding hydrogens is 338 g/mol. The Morgan fingerprint density at radius 2 is 1.73 bits per heavy atom. The molecule has 0 fully saturated rings. The topological polar surface area (TPSA) is 111 Å². The van der Waals surface area contributed by atoms with Crippen LogP contribution >= 0.6 is 0 Å². The molecule has 2 amide bonds. The van der Waals surface area contributed by atoms with Crippen LogP contribution in [0.4, 0.5) is 17.1 Å². The molecule has 2 rings (SSSR count). The fourth-order valence-electron chi connectivity index (χ4n) is 2.07. The average Bonchev–Trinajstić information content (AvgIpc) is 2.62. The number of carbonyl (C=O) groups is 2. The van der Waals surface area contributed by atoms with E-state index in [0.29, 0.717) is 23.5 Å². The number of anilines is 2. The minimum atomic E-state index is -0.814. The van der Waals surface area contributed by atoms with Crippen molar-refractivity contribution in [2.45, 2.75) is 26.4 Å². The van der Waals surface area contributed by atoms with Crippen molar-refractivity contribution < 1.29 is 19.2 Å². The highest BCUT2D eigenvalue weighted by molar-refractivity contribution is 5.96. The van der Waals surface area contributed by atoms with Gasteiger partial charge in [-0.1, -0.05) is 13.0 Å². The van der Waals surface area contributed by atoms with E-state index < -0.39 is 11.0 Å². The number of nitrogens with one attached hydrogen (secondary N) is 2. The van der Waals surface area contributed by atoms with Gasteiger partial charge in [0.1, 0.15) is 5.75 Å². The first kappa shape index (κ1) is 18.9. The summed E-state index contributed by atoms with van der Waals surface area (Å²) in [6.45, 7) is 3.32. The quantitative estimate of drug-likeness (QED) is 0.583. The van der Waals surface area contributed by atoms with E-state index in [-0.39, 0.29) is 17.5 Å². The van der Waals surface area contributed by atoms with Gasteiger partial charge < -0.3 is 15.4 Å². The Kier molecular flexibility index (Phi) is 6.26. The summed E-state index contributed by atoms with van der Waals surface area (Å²) < 4.78 is 5.49. The molecule has 0 saturated carbocycles. The number of non-ortho nitro benzene ring substituents is 1. The van der Waals surface area contributed by atoms with Crippen LogP contribution in [0, 0.1) is 10.1 Å². The van der Waals surface area contributed by atoms with Crippen LogP contribution < -0.4 is 15.4 Å². The van der Waals surface area contributed by atoms with Crippen LogP contribution in [0.15, 0.2) is 48.5 Å². The summed E-state index contributed by atoms with van der Waals surface area (Å²) >= 11 is 0. The minimum Gasteiger partial charge on any atom is -0.481 e. The molecule has 1 unspecified atom stereocenters. The third kappa shape index (κ3) is 5.30. The van der Waals surface area contributed by atoms with Gasteiger partial charge in [0, 0.05) is 29.9 Å². The molecule has 8 heteroatoms. The number of ether oxygens (including phenoxy) is 1. The maximum Gasteiger partial charge on any atom is 0.269 e. The van der Waals surface area contributed by atoms with Crippen molar-refractivity contribution in [3.8, 4) is 5.75 Å². The van der Waals surface area contributed by atoms with E-state index >= 15 is 0 Å². The highest BCUT2D eigenvalue weighted by Crippen LogP contribution is 2.19. The van der Waals surface area contributed by atoms with Crippen LogP contribution in [0.5, 0.6) is 5.75 Å². The molecule has 8 nitrogen and oxygen atoms in total. The molecule has 2 N–H and O–H groups in total. The minimum absolute atomic E-state index is 0.0552. The standard InChI is InChI=1S/C18H19N3O5/c1-3-17(22)19-13-5-4-6-14(11-13)20-18(23)12(2)26-16-9-7-15(8-10-16)21(24)25/h4-12H,3H2,1-2H3,(H,19,22)(H,20,23). The molecule has 2 aromatic rings. The molecule has 0 aliphatic carbocycles. The van der Waals surface area contributed by atoms with Gasteiger partial charge in [0.05, 0.1) is 4.92 Å². The second-order valence-electron chi connectivity index (χ2n) is 5.48. The Morgan fingerprint density at radius 3 is 2.31 bits per heavy atom. The van der Waals surface area contributed by atoms with Crippen LogP contribution in [0.2, 0.25) is 0 Å². The van der Waals surface area contributed by atoms with Crippen molar-refractivity contribution in [2.75, 3.05) is 10.6 Å². The smallest absolute Gasteiger partial charge is 0.269 e. The lowest BCUT2D eigenvalue weighted by molar-refractivity contribution is -0.384. The average molecular weight is 357 g/mol. The number of amides is 2. The van der Waals surface area contributed by atoms with Crippen LogP contribution in [0.25, 0.3) is 0 Å². The summed E-state index contributed by atoms with van der Waals surface area (Å²) in [6, 6.07) is 12.2. The van der Waals surface area contributed by atoms with Gasteiger partial charge in [0.25, 0.3) is 11.6 Å². The molecule has 0 aliphatic heterocycles. The van der Waals surface area contributed by atoms with Crippen molar-refractivity contribution in [3.05, 3.63) is 58.6 Å². The van der Waals surface area contributed by atoms with Gasteiger partial charge in [-0.25, -0.2) is 0 Å². The van der Waals surface area contributed by atoms with Crippen LogP contribution in [-0.4, -0.2) is 22.8 Å². The molecule has 136 valence electrons. The molecule has 0 heterocycles. The molecule has 0 aliphatic rings. The molecule has 0 bridgehead atoms. The zero-order valence-electron chi connectivity index (χ0n) is 14.4. The SMILES string of the molecule is CCC(=O)Nc1cccc(NC(=O)C(C)Oc2ccc([N+](=O)[O-])cc2)c1. The second-order valence-corrected chi connectivity index (χ2v) is 5.48. The largest absolute Gasteiger partial charge is 0.481 e. The van der Waals surface area contributed by atoms with Crippen LogP contribution in [0.3, 0.4) is 0 Å². The van der Waals surface area contributed by atoms with E-state index in [1.807, 2.05) is 0 Å². The third-order valence-corrected chi connectivity index (χ3v) is 3.46. The monoisotopic (exact) mass is 357 g/mol. The maximum atomic E-state index is 12.2. The summed E-state index contributed by atoms with van der Waals surface area (Å²) in [6.07, 6.45) is -0.457. The number of nitro benzene ring substituents is 1. The van der Waals surface area contributed by atoms with Gasteiger partial charge in [0.15, 0.2) is 6.10 Å². The van der Waals surface area contributed by atoms with Gasteiger partial charge >= 0.3 is 0 Å². The van der Waals surface area contributed by atoms with Crippen molar-refractivity contribution >= 4 is 28.9 Å². The van der Waals surface area contributed by atoms with Gasteiger partial charge in [-0.15, -0.1) is 0 Å². The first-order valence-corrected chi connectivity index (χ1v) is 8.01. The predicted molar refractivity (Wildman–Crippen MR) is 97.2 cm³/mol. The number of benzene rings is 2. The van der Waals surface area contributed by atoms with E-state index in [1.54, 1.807) is 38.1 Å². The van der Waals surface area contributed by atoms with Gasteiger partial charge in [-0.2, -0.15) is 0 Å². The Morgan fingerprint density at radius 1 is 1.12 bits per heavy atom. The number of hydrogen-bond donors (Lipinski definition) is 2. The van der Waals surface area contributed by atoms with E-state index in [2.05, 4.69) is 10.6 Å². The molecule has 1 atom stereocenters. The van der Waals surface area contributed by atoms with Gasteiger partial charge in [0.2, 0.25) is 5.91 Å². The normalized spacial score (nSPS) is 11.3. The fourth-order valence-corrected chi connectivity index (χ4v) is 2.07. The molecule has 26 heavy (non-hydrogen) atoms. The Labute approximate surface area is 150 Å². The molecule has 0 aromatic heterocycles. The predicted octanol–water partition coefficient (Wildman–Crippen LogP) is 3.35. The van der Waals surface area contributed by atoms with Crippen LogP contribution in [-0.2, 0) is 9.59 Å². The van der Waals surface area contributed by atoms with E-state index in [4.69, 9.17) is 4.74 Å². The van der Waals surface area contributed by atoms with E-state index in [9.17, 15) is 19.7 Å². The first-order chi connectivity index (χ1) is 12.4. The van der Waals surface area contributed by atoms with Crippen molar-refractivity contribution in [1.82, 2.24) is 0 Å². The second kappa shape index (κ2) is 8.61. The Bertz CT molecular complexity index is 805. The third-order valence-electron chi connectivity index (χ3n) is 3.46.